The molecule has 10 nitrogen and oxygen atoms in total. The molecule has 4 rings (SSSR count). The van der Waals surface area contributed by atoms with E-state index in [1.807, 2.05) is 13.0 Å². The maximum atomic E-state index is 13.6. The minimum atomic E-state index is -3.68. The number of aryl methyl sites for hydroxylation is 1. The first-order chi connectivity index (χ1) is 16.1. The van der Waals surface area contributed by atoms with Gasteiger partial charge in [-0.25, -0.2) is 22.7 Å². The number of hydrogen-bond donors (Lipinski definition) is 1. The largest absolute Gasteiger partial charge is 0.500 e. The molecule has 2 aromatic rings. The summed E-state index contributed by atoms with van der Waals surface area (Å²) in [5.74, 6) is 0.360. The van der Waals surface area contributed by atoms with Crippen LogP contribution in [0.25, 0.3) is 10.5 Å². The van der Waals surface area contributed by atoms with Gasteiger partial charge in [0.15, 0.2) is 9.84 Å². The molecule has 2 aromatic heterocycles. The van der Waals surface area contributed by atoms with Gasteiger partial charge in [0.1, 0.15) is 27.2 Å². The molecule has 12 heteroatoms. The summed E-state index contributed by atoms with van der Waals surface area (Å²) >= 11 is 1.29. The zero-order chi connectivity index (χ0) is 25.9. The van der Waals surface area contributed by atoms with Gasteiger partial charge in [0, 0.05) is 13.1 Å². The van der Waals surface area contributed by atoms with Crippen molar-refractivity contribution in [3.05, 3.63) is 34.3 Å². The van der Waals surface area contributed by atoms with Gasteiger partial charge in [0.05, 0.1) is 23.7 Å². The van der Waals surface area contributed by atoms with E-state index < -0.39 is 37.6 Å². The summed E-state index contributed by atoms with van der Waals surface area (Å²) < 4.78 is 39.7. The molecule has 2 aliphatic rings. The molecule has 1 amide bonds. The molecular formula is C23H32N4O6S2. The Morgan fingerprint density at radius 3 is 2.43 bits per heavy atom. The summed E-state index contributed by atoms with van der Waals surface area (Å²) in [6.07, 6.45) is 3.18. The Labute approximate surface area is 209 Å². The van der Waals surface area contributed by atoms with Gasteiger partial charge in [-0.2, -0.15) is 5.10 Å². The normalized spacial score (nSPS) is 19.9. The van der Waals surface area contributed by atoms with Crippen LogP contribution in [0.2, 0.25) is 0 Å². The lowest BCUT2D eigenvalue weighted by Crippen LogP contribution is -2.59. The number of imidazole rings is 1. The predicted octanol–water partition coefficient (Wildman–Crippen LogP) is 3.05. The number of hydrogen-bond acceptors (Lipinski definition) is 9. The number of carbonyl (C=O) groups excluding carboxylic acids is 1. The van der Waals surface area contributed by atoms with E-state index in [0.29, 0.717) is 21.4 Å². The van der Waals surface area contributed by atoms with E-state index in [-0.39, 0.29) is 19.5 Å². The number of fused-ring (bicyclic) bond motifs is 1. The summed E-state index contributed by atoms with van der Waals surface area (Å²) in [5, 5.41) is 13.8. The number of rotatable bonds is 5. The quantitative estimate of drug-likeness (QED) is 0.633. The average Bonchev–Trinajstić information content (AvgIpc) is 3.21. The van der Waals surface area contributed by atoms with E-state index in [2.05, 4.69) is 10.1 Å². The smallest absolute Gasteiger partial charge is 0.410 e. The molecule has 0 bridgehead atoms. The third-order valence-electron chi connectivity index (χ3n) is 5.97. The van der Waals surface area contributed by atoms with E-state index in [9.17, 15) is 18.3 Å². The number of nitrogens with zero attached hydrogens (tertiary/aromatic N) is 4. The van der Waals surface area contributed by atoms with Crippen LogP contribution in [0, 0.1) is 6.92 Å². The monoisotopic (exact) mass is 524 g/mol. The van der Waals surface area contributed by atoms with Gasteiger partial charge in [-0.05, 0) is 59.6 Å². The molecule has 0 aromatic carbocycles. The van der Waals surface area contributed by atoms with Gasteiger partial charge in [0.2, 0.25) is 4.96 Å². The number of methoxy groups -OCH3 is 1. The number of aromatic nitrogens is 3. The van der Waals surface area contributed by atoms with Crippen molar-refractivity contribution in [2.24, 2.45) is 0 Å². The lowest BCUT2D eigenvalue weighted by molar-refractivity contribution is 0.0138. The Kier molecular flexibility index (Phi) is 6.30. The number of carbonyl (C=O) groups is 1. The van der Waals surface area contributed by atoms with E-state index in [4.69, 9.17) is 9.47 Å². The zero-order valence-electron chi connectivity index (χ0n) is 21.0. The number of allylic oxidation sites excluding steroid dienone is 3. The van der Waals surface area contributed by atoms with Crippen molar-refractivity contribution in [1.29, 1.82) is 0 Å². The zero-order valence-corrected chi connectivity index (χ0v) is 22.7. The molecule has 1 aliphatic carbocycles. The highest BCUT2D eigenvalue weighted by atomic mass is 32.2. The van der Waals surface area contributed by atoms with Gasteiger partial charge in [0.25, 0.3) is 0 Å². The van der Waals surface area contributed by atoms with Crippen LogP contribution in [-0.2, 0) is 24.9 Å². The Morgan fingerprint density at radius 2 is 1.86 bits per heavy atom. The molecule has 1 aliphatic heterocycles. The summed E-state index contributed by atoms with van der Waals surface area (Å²) in [6, 6.07) is 0. The van der Waals surface area contributed by atoms with Crippen LogP contribution in [0.5, 0.6) is 0 Å². The summed E-state index contributed by atoms with van der Waals surface area (Å²) in [5.41, 5.74) is 0.437. The van der Waals surface area contributed by atoms with Crippen LogP contribution in [0.4, 0.5) is 4.79 Å². The predicted molar refractivity (Wildman–Crippen MR) is 133 cm³/mol. The van der Waals surface area contributed by atoms with Crippen LogP contribution in [-0.4, -0.2) is 75.4 Å². The highest BCUT2D eigenvalue weighted by Crippen LogP contribution is 2.37. The molecule has 35 heavy (non-hydrogen) atoms. The van der Waals surface area contributed by atoms with E-state index in [0.717, 1.165) is 11.3 Å². The van der Waals surface area contributed by atoms with Crippen molar-refractivity contribution >= 4 is 37.8 Å². The molecule has 0 spiro atoms. The topological polar surface area (TPSA) is 123 Å². The summed E-state index contributed by atoms with van der Waals surface area (Å²) in [7, 11) is -2.22. The van der Waals surface area contributed by atoms with Gasteiger partial charge < -0.3 is 19.5 Å². The van der Waals surface area contributed by atoms with Crippen LogP contribution >= 0.6 is 11.3 Å². The van der Waals surface area contributed by atoms with Gasteiger partial charge in [-0.3, -0.25) is 0 Å². The highest BCUT2D eigenvalue weighted by molar-refractivity contribution is 7.93. The molecule has 0 saturated carbocycles. The fourth-order valence-electron chi connectivity index (χ4n) is 4.13. The van der Waals surface area contributed by atoms with E-state index in [1.54, 1.807) is 45.2 Å². The van der Waals surface area contributed by atoms with Crippen LogP contribution in [0.1, 0.15) is 57.4 Å². The Bertz CT molecular complexity index is 1320. The molecule has 0 radical (unpaired) electrons. The minimum Gasteiger partial charge on any atom is -0.500 e. The third kappa shape index (κ3) is 4.83. The number of amides is 1. The lowest BCUT2D eigenvalue weighted by atomic mass is 9.99. The molecule has 1 fully saturated rings. The fraction of sp³-hybridized carbons (Fsp3) is 0.609. The summed E-state index contributed by atoms with van der Waals surface area (Å²) in [6.45, 7) is 10.7. The summed E-state index contributed by atoms with van der Waals surface area (Å²) in [4.78, 5) is 18.9. The Morgan fingerprint density at radius 1 is 1.20 bits per heavy atom. The van der Waals surface area contributed by atoms with E-state index >= 15 is 0 Å². The number of aliphatic hydroxyl groups is 1. The Hall–Kier alpha value is -2.44. The number of sulfone groups is 1. The van der Waals surface area contributed by atoms with Crippen molar-refractivity contribution in [2.45, 2.75) is 69.7 Å². The molecule has 1 atom stereocenters. The lowest BCUT2D eigenvalue weighted by Gasteiger charge is -2.41. The first-order valence-electron chi connectivity index (χ1n) is 11.4. The maximum Gasteiger partial charge on any atom is 0.410 e. The first kappa shape index (κ1) is 25.6. The molecule has 1 unspecified atom stereocenters. The van der Waals surface area contributed by atoms with Crippen molar-refractivity contribution < 1.29 is 27.8 Å². The van der Waals surface area contributed by atoms with Gasteiger partial charge in [-0.15, -0.1) is 0 Å². The average molecular weight is 525 g/mol. The second kappa shape index (κ2) is 8.59. The van der Waals surface area contributed by atoms with Gasteiger partial charge in [-0.1, -0.05) is 17.4 Å². The molecular weight excluding hydrogens is 492 g/mol. The van der Waals surface area contributed by atoms with Crippen molar-refractivity contribution in [3.63, 3.8) is 0 Å². The first-order valence-corrected chi connectivity index (χ1v) is 13.8. The van der Waals surface area contributed by atoms with Crippen molar-refractivity contribution in [2.75, 3.05) is 20.2 Å². The maximum absolute atomic E-state index is 13.6. The van der Waals surface area contributed by atoms with E-state index in [1.165, 1.54) is 23.3 Å². The molecule has 192 valence electrons. The molecule has 1 saturated heterocycles. The third-order valence-corrected chi connectivity index (χ3v) is 9.61. The van der Waals surface area contributed by atoms with Crippen LogP contribution in [0.3, 0.4) is 0 Å². The van der Waals surface area contributed by atoms with Crippen molar-refractivity contribution in [1.82, 2.24) is 19.5 Å². The van der Waals surface area contributed by atoms with Gasteiger partial charge >= 0.3 is 6.09 Å². The Balaban J connectivity index is 1.59. The minimum absolute atomic E-state index is 0.0841. The molecule has 3 heterocycles. The number of likely N-dealkylation sites (tertiary alicyclic amines) is 1. The highest BCUT2D eigenvalue weighted by Gasteiger charge is 2.47. The number of ether oxygens (including phenoxy) is 2. The SMILES string of the molecule is COC1=CC=C(c2c(C)nc3sc(C(C)(C)O)nn23)CC1S(=O)(=O)C1CN(C(=O)OC(C)(C)C)C1. The fourth-order valence-corrected chi connectivity index (χ4v) is 7.23. The standard InChI is InChI=1S/C23H32N4O6S2/c1-13-18(27-20(24-13)34-19(25-27)23(5,6)29)14-8-9-16(32-7)17(10-14)35(30,31)15-11-26(12-15)21(28)33-22(2,3)4/h8-9,15,17,29H,10-12H2,1-7H3. The second-order valence-corrected chi connectivity index (χ2v) is 13.8. The molecule has 1 N–H and O–H groups in total. The van der Waals surface area contributed by atoms with Crippen molar-refractivity contribution in [3.8, 4) is 0 Å². The van der Waals surface area contributed by atoms with Crippen LogP contribution in [0.15, 0.2) is 17.9 Å². The van der Waals surface area contributed by atoms with Crippen LogP contribution < -0.4 is 0 Å². The second-order valence-electron chi connectivity index (χ2n) is 10.5.